The molecule has 1 aromatic carbocycles. The highest BCUT2D eigenvalue weighted by atomic mass is 19.1. The van der Waals surface area contributed by atoms with Crippen LogP contribution in [0.15, 0.2) is 23.8 Å². The lowest BCUT2D eigenvalue weighted by atomic mass is 10.1. The molecule has 2 nitrogen and oxygen atoms in total. The predicted molar refractivity (Wildman–Crippen MR) is 62.9 cm³/mol. The van der Waals surface area contributed by atoms with E-state index in [1.807, 2.05) is 6.92 Å². The fourth-order valence-corrected chi connectivity index (χ4v) is 2.11. The molecule has 2 rings (SSSR count). The van der Waals surface area contributed by atoms with E-state index in [4.69, 9.17) is 5.11 Å². The summed E-state index contributed by atoms with van der Waals surface area (Å²) in [5.41, 5.74) is 1.38. The first-order valence-electron chi connectivity index (χ1n) is 5.61. The van der Waals surface area contributed by atoms with E-state index in [2.05, 4.69) is 6.08 Å². The predicted octanol–water partition coefficient (Wildman–Crippen LogP) is 2.61. The Morgan fingerprint density at radius 1 is 1.29 bits per heavy atom. The summed E-state index contributed by atoms with van der Waals surface area (Å²) < 4.78 is 27.6. The minimum absolute atomic E-state index is 0.00894. The Hall–Kier alpha value is -1.42. The normalized spacial score (nSPS) is 16.0. The molecule has 1 aromatic rings. The number of rotatable bonds is 2. The van der Waals surface area contributed by atoms with Crippen molar-refractivity contribution in [3.63, 3.8) is 0 Å². The zero-order valence-electron chi connectivity index (χ0n) is 9.71. The van der Waals surface area contributed by atoms with Gasteiger partial charge in [-0.2, -0.15) is 0 Å². The molecule has 0 saturated carbocycles. The van der Waals surface area contributed by atoms with E-state index in [0.29, 0.717) is 13.1 Å². The Morgan fingerprint density at radius 2 is 1.94 bits per heavy atom. The van der Waals surface area contributed by atoms with Gasteiger partial charge in [-0.1, -0.05) is 11.6 Å². The van der Waals surface area contributed by atoms with Crippen molar-refractivity contribution in [1.82, 2.24) is 0 Å². The third-order valence-corrected chi connectivity index (χ3v) is 2.91. The highest BCUT2D eigenvalue weighted by Crippen LogP contribution is 2.27. The minimum Gasteiger partial charge on any atom is -0.392 e. The van der Waals surface area contributed by atoms with Gasteiger partial charge in [-0.25, -0.2) is 8.78 Å². The van der Waals surface area contributed by atoms with Gasteiger partial charge in [0.25, 0.3) is 0 Å². The van der Waals surface area contributed by atoms with Gasteiger partial charge in [0.05, 0.1) is 6.61 Å². The summed E-state index contributed by atoms with van der Waals surface area (Å²) in [6.45, 7) is 2.76. The Morgan fingerprint density at radius 3 is 2.47 bits per heavy atom. The van der Waals surface area contributed by atoms with E-state index < -0.39 is 11.6 Å². The number of hydrogen-bond donors (Lipinski definition) is 1. The maximum Gasteiger partial charge on any atom is 0.149 e. The summed E-state index contributed by atoms with van der Waals surface area (Å²) >= 11 is 0. The molecule has 1 N–H and O–H groups in total. The van der Waals surface area contributed by atoms with Crippen molar-refractivity contribution >= 4 is 5.69 Å². The summed E-state index contributed by atoms with van der Waals surface area (Å²) in [5, 5.41) is 8.87. The standard InChI is InChI=1S/C13H15F2NO/c1-9-3-2-4-16(7-9)13-11(14)5-10(8-17)6-12(13)15/h3,5-6,17H,2,4,7-8H2,1H3. The first kappa shape index (κ1) is 12.0. The Labute approximate surface area is 99.2 Å². The smallest absolute Gasteiger partial charge is 0.149 e. The molecular weight excluding hydrogens is 224 g/mol. The number of aliphatic hydroxyl groups excluding tert-OH is 1. The molecule has 0 saturated heterocycles. The van der Waals surface area contributed by atoms with Gasteiger partial charge < -0.3 is 10.0 Å². The van der Waals surface area contributed by atoms with Gasteiger partial charge in [-0.15, -0.1) is 0 Å². The quantitative estimate of drug-likeness (QED) is 0.802. The third kappa shape index (κ3) is 2.47. The molecule has 0 atom stereocenters. The average molecular weight is 239 g/mol. The SMILES string of the molecule is CC1=CCCN(c2c(F)cc(CO)cc2F)C1. The van der Waals surface area contributed by atoms with E-state index >= 15 is 0 Å². The Balaban J connectivity index is 2.35. The molecule has 1 aliphatic rings. The monoisotopic (exact) mass is 239 g/mol. The minimum atomic E-state index is -0.608. The van der Waals surface area contributed by atoms with Crippen molar-refractivity contribution in [2.24, 2.45) is 0 Å². The van der Waals surface area contributed by atoms with Gasteiger partial charge in [0.2, 0.25) is 0 Å². The molecule has 1 heterocycles. The fourth-order valence-electron chi connectivity index (χ4n) is 2.11. The van der Waals surface area contributed by atoms with Crippen LogP contribution in [0, 0.1) is 11.6 Å². The van der Waals surface area contributed by atoms with Crippen LogP contribution in [0.4, 0.5) is 14.5 Å². The van der Waals surface area contributed by atoms with Crippen LogP contribution in [0.2, 0.25) is 0 Å². The van der Waals surface area contributed by atoms with Crippen LogP contribution in [0.1, 0.15) is 18.9 Å². The molecule has 0 fully saturated rings. The number of hydrogen-bond acceptors (Lipinski definition) is 2. The van der Waals surface area contributed by atoms with Gasteiger partial charge >= 0.3 is 0 Å². The van der Waals surface area contributed by atoms with Crippen LogP contribution in [-0.4, -0.2) is 18.2 Å². The van der Waals surface area contributed by atoms with Crippen molar-refractivity contribution in [2.75, 3.05) is 18.0 Å². The molecule has 1 aliphatic heterocycles. The fraction of sp³-hybridized carbons (Fsp3) is 0.385. The van der Waals surface area contributed by atoms with Crippen molar-refractivity contribution in [3.05, 3.63) is 41.0 Å². The molecule has 0 bridgehead atoms. The highest BCUT2D eigenvalue weighted by Gasteiger charge is 2.19. The lowest BCUT2D eigenvalue weighted by Gasteiger charge is -2.29. The number of aliphatic hydroxyl groups is 1. The molecule has 0 unspecified atom stereocenters. The summed E-state index contributed by atoms with van der Waals surface area (Å²) in [5.74, 6) is -1.22. The van der Waals surface area contributed by atoms with Gasteiger partial charge in [0.15, 0.2) is 0 Å². The third-order valence-electron chi connectivity index (χ3n) is 2.91. The van der Waals surface area contributed by atoms with Crippen molar-refractivity contribution in [3.8, 4) is 0 Å². The molecule has 0 amide bonds. The van der Waals surface area contributed by atoms with Gasteiger partial charge in [-0.05, 0) is 31.0 Å². The van der Waals surface area contributed by atoms with Gasteiger partial charge in [0, 0.05) is 13.1 Å². The number of anilines is 1. The maximum absolute atomic E-state index is 13.8. The van der Waals surface area contributed by atoms with Gasteiger partial charge in [0.1, 0.15) is 17.3 Å². The average Bonchev–Trinajstić information content (AvgIpc) is 2.28. The Kier molecular flexibility index (Phi) is 3.43. The molecule has 0 radical (unpaired) electrons. The lowest BCUT2D eigenvalue weighted by molar-refractivity contribution is 0.280. The van der Waals surface area contributed by atoms with E-state index in [0.717, 1.165) is 12.0 Å². The van der Waals surface area contributed by atoms with E-state index in [1.165, 1.54) is 12.1 Å². The molecule has 0 aliphatic carbocycles. The summed E-state index contributed by atoms with van der Waals surface area (Å²) in [6.07, 6.45) is 2.88. The van der Waals surface area contributed by atoms with Crippen LogP contribution in [0.3, 0.4) is 0 Å². The Bertz CT molecular complexity index is 434. The van der Waals surface area contributed by atoms with Crippen LogP contribution in [-0.2, 0) is 6.61 Å². The zero-order valence-corrected chi connectivity index (χ0v) is 9.71. The van der Waals surface area contributed by atoms with Crippen LogP contribution in [0.25, 0.3) is 0 Å². The second kappa shape index (κ2) is 4.84. The van der Waals surface area contributed by atoms with Gasteiger partial charge in [-0.3, -0.25) is 0 Å². The molecule has 92 valence electrons. The zero-order chi connectivity index (χ0) is 12.4. The summed E-state index contributed by atoms with van der Waals surface area (Å²) in [6, 6.07) is 2.37. The van der Waals surface area contributed by atoms with E-state index in [9.17, 15) is 8.78 Å². The van der Waals surface area contributed by atoms with Crippen molar-refractivity contribution < 1.29 is 13.9 Å². The molecule has 17 heavy (non-hydrogen) atoms. The summed E-state index contributed by atoms with van der Waals surface area (Å²) in [7, 11) is 0. The second-order valence-electron chi connectivity index (χ2n) is 4.33. The largest absolute Gasteiger partial charge is 0.392 e. The molecule has 4 heteroatoms. The molecular formula is C13H15F2NO. The van der Waals surface area contributed by atoms with E-state index in [1.54, 1.807) is 4.90 Å². The van der Waals surface area contributed by atoms with E-state index in [-0.39, 0.29) is 17.9 Å². The van der Waals surface area contributed by atoms with Crippen LogP contribution >= 0.6 is 0 Å². The van der Waals surface area contributed by atoms with Crippen LogP contribution < -0.4 is 4.90 Å². The van der Waals surface area contributed by atoms with Crippen LogP contribution in [0.5, 0.6) is 0 Å². The highest BCUT2D eigenvalue weighted by molar-refractivity contribution is 5.52. The summed E-state index contributed by atoms with van der Waals surface area (Å²) in [4.78, 5) is 1.70. The topological polar surface area (TPSA) is 23.5 Å². The molecule has 0 spiro atoms. The first-order valence-corrected chi connectivity index (χ1v) is 5.61. The van der Waals surface area contributed by atoms with Crippen molar-refractivity contribution in [2.45, 2.75) is 20.0 Å². The molecule has 0 aromatic heterocycles. The maximum atomic E-state index is 13.8. The van der Waals surface area contributed by atoms with Crippen molar-refractivity contribution in [1.29, 1.82) is 0 Å². The second-order valence-corrected chi connectivity index (χ2v) is 4.33. The lowest BCUT2D eigenvalue weighted by Crippen LogP contribution is -2.30. The number of nitrogens with zero attached hydrogens (tertiary/aromatic N) is 1. The first-order chi connectivity index (χ1) is 8.11. The number of benzene rings is 1. The number of halogens is 2.